The number of aromatic hydroxyl groups is 1. The molecule has 1 aromatic carbocycles. The van der Waals surface area contributed by atoms with Crippen LogP contribution in [0, 0.1) is 6.92 Å². The molecule has 7 rings (SSSR count). The van der Waals surface area contributed by atoms with Crippen molar-refractivity contribution in [1.82, 2.24) is 9.97 Å². The Kier molecular flexibility index (Phi) is 6.77. The number of fused-ring (bicyclic) bond motifs is 4. The number of hydrogen-bond acceptors (Lipinski definition) is 11. The number of epoxide rings is 1. The Labute approximate surface area is 259 Å². The van der Waals surface area contributed by atoms with Gasteiger partial charge in [-0.3, -0.25) is 4.79 Å². The zero-order valence-electron chi connectivity index (χ0n) is 25.5. The highest BCUT2D eigenvalue weighted by atomic mass is 16.7. The Bertz CT molecular complexity index is 1900. The summed E-state index contributed by atoms with van der Waals surface area (Å²) in [6.45, 7) is 5.42. The molecule has 11 nitrogen and oxygen atoms in total. The van der Waals surface area contributed by atoms with Crippen molar-refractivity contribution in [2.75, 3.05) is 11.5 Å². The number of aromatic nitrogens is 2. The fraction of sp³-hybridized carbons (Fsp3) is 0.412. The molecule has 4 atom stereocenters. The standard InChI is InChI=1S/C34H36N4O7/c1-17-12-22(39)29-23(42-17)16-24-28(30(29)40)20-6-4-5-10-34(32(41)43-31(20)33(2,3)44-24)25(45-34)8-7-18-13-21(38-27(36)14-18)19-9-11-37-26(35)15-19/h9,11-16,20,25,31,40H,4-8,10H2,1-3H3,(H2,35,37)(H2,36,38)/t20-,25+,31+,34-/m0/s1. The number of rotatable bonds is 4. The van der Waals surface area contributed by atoms with E-state index in [4.69, 9.17) is 30.1 Å². The molecule has 234 valence electrons. The second-order valence-electron chi connectivity index (χ2n) is 12.9. The highest BCUT2D eigenvalue weighted by Crippen LogP contribution is 2.53. The molecular formula is C34H36N4O7. The molecule has 0 amide bonds. The highest BCUT2D eigenvalue weighted by molar-refractivity contribution is 5.88. The molecule has 2 saturated heterocycles. The molecule has 3 aliphatic heterocycles. The first-order chi connectivity index (χ1) is 21.4. The second-order valence-corrected chi connectivity index (χ2v) is 12.9. The van der Waals surface area contributed by atoms with Crippen molar-refractivity contribution >= 4 is 28.6 Å². The highest BCUT2D eigenvalue weighted by Gasteiger charge is 2.64. The van der Waals surface area contributed by atoms with Gasteiger partial charge in [-0.1, -0.05) is 6.42 Å². The molecule has 2 fully saturated rings. The number of carbonyl (C=O) groups is 1. The van der Waals surface area contributed by atoms with Crippen LogP contribution in [0.3, 0.4) is 0 Å². The van der Waals surface area contributed by atoms with Crippen molar-refractivity contribution in [3.05, 3.63) is 69.7 Å². The van der Waals surface area contributed by atoms with Crippen LogP contribution in [0.4, 0.5) is 11.6 Å². The number of phenols is 1. The summed E-state index contributed by atoms with van der Waals surface area (Å²) in [4.78, 5) is 35.3. The van der Waals surface area contributed by atoms with Crippen molar-refractivity contribution in [2.45, 2.75) is 88.6 Å². The molecule has 11 heteroatoms. The predicted molar refractivity (Wildman–Crippen MR) is 167 cm³/mol. The van der Waals surface area contributed by atoms with Crippen LogP contribution in [0.15, 0.2) is 51.8 Å². The van der Waals surface area contributed by atoms with E-state index in [0.717, 1.165) is 24.0 Å². The van der Waals surface area contributed by atoms with Crippen LogP contribution >= 0.6 is 0 Å². The van der Waals surface area contributed by atoms with E-state index in [0.29, 0.717) is 60.1 Å². The van der Waals surface area contributed by atoms with Gasteiger partial charge < -0.3 is 35.2 Å². The minimum absolute atomic E-state index is 0.0990. The number of phenolic OH excluding ortho intramolecular Hbond substituents is 1. The van der Waals surface area contributed by atoms with Gasteiger partial charge in [-0.25, -0.2) is 14.8 Å². The molecule has 0 aliphatic carbocycles. The fourth-order valence-electron chi connectivity index (χ4n) is 7.14. The van der Waals surface area contributed by atoms with Gasteiger partial charge in [0.2, 0.25) is 0 Å². The van der Waals surface area contributed by atoms with E-state index in [1.165, 1.54) is 6.07 Å². The van der Waals surface area contributed by atoms with Crippen LogP contribution in [-0.2, 0) is 20.7 Å². The first-order valence-corrected chi connectivity index (χ1v) is 15.3. The van der Waals surface area contributed by atoms with E-state index >= 15 is 0 Å². The summed E-state index contributed by atoms with van der Waals surface area (Å²) in [6, 6.07) is 10.4. The molecule has 0 bridgehead atoms. The predicted octanol–water partition coefficient (Wildman–Crippen LogP) is 4.94. The maximum Gasteiger partial charge on any atom is 0.341 e. The lowest BCUT2D eigenvalue weighted by molar-refractivity contribution is -0.170. The van der Waals surface area contributed by atoms with Gasteiger partial charge >= 0.3 is 5.97 Å². The van der Waals surface area contributed by atoms with Gasteiger partial charge in [-0.2, -0.15) is 0 Å². The van der Waals surface area contributed by atoms with Gasteiger partial charge in [-0.05, 0) is 82.7 Å². The molecule has 0 saturated carbocycles. The fourth-order valence-corrected chi connectivity index (χ4v) is 7.14. The Morgan fingerprint density at radius 1 is 1.07 bits per heavy atom. The van der Waals surface area contributed by atoms with Gasteiger partial charge in [0.05, 0.1) is 11.8 Å². The van der Waals surface area contributed by atoms with Gasteiger partial charge in [0.25, 0.3) is 0 Å². The van der Waals surface area contributed by atoms with Gasteiger partial charge in [0.15, 0.2) is 11.0 Å². The lowest BCUT2D eigenvalue weighted by Gasteiger charge is -2.44. The molecule has 3 aromatic heterocycles. The molecule has 0 unspecified atom stereocenters. The Morgan fingerprint density at radius 3 is 2.69 bits per heavy atom. The number of nitrogens with two attached hydrogens (primary N) is 2. The third-order valence-corrected chi connectivity index (χ3v) is 9.30. The zero-order valence-corrected chi connectivity index (χ0v) is 25.5. The summed E-state index contributed by atoms with van der Waals surface area (Å²) in [5, 5.41) is 11.5. The van der Waals surface area contributed by atoms with Crippen LogP contribution in [0.2, 0.25) is 0 Å². The lowest BCUT2D eigenvalue weighted by Crippen LogP contribution is -2.52. The first kappa shape index (κ1) is 29.1. The monoisotopic (exact) mass is 612 g/mol. The first-order valence-electron chi connectivity index (χ1n) is 15.3. The number of anilines is 2. The number of nitrogens with zero attached hydrogens (tertiary/aromatic N) is 2. The quantitative estimate of drug-likeness (QED) is 0.210. The number of carbonyl (C=O) groups excluding carboxylic acids is 1. The van der Waals surface area contributed by atoms with Crippen LogP contribution in [0.5, 0.6) is 11.5 Å². The minimum atomic E-state index is -1.05. The van der Waals surface area contributed by atoms with E-state index in [-0.39, 0.29) is 34.2 Å². The van der Waals surface area contributed by atoms with Crippen LogP contribution in [-0.4, -0.2) is 44.5 Å². The van der Waals surface area contributed by atoms with Crippen molar-refractivity contribution in [1.29, 1.82) is 0 Å². The van der Waals surface area contributed by atoms with Crippen LogP contribution < -0.4 is 21.6 Å². The molecule has 6 heterocycles. The van der Waals surface area contributed by atoms with Crippen molar-refractivity contribution in [2.24, 2.45) is 0 Å². The van der Waals surface area contributed by atoms with Crippen molar-refractivity contribution in [3.8, 4) is 22.8 Å². The maximum absolute atomic E-state index is 13.9. The number of ether oxygens (including phenoxy) is 3. The Balaban J connectivity index is 1.13. The largest absolute Gasteiger partial charge is 0.507 e. The SMILES string of the molecule is Cc1cc(=O)c2c(O)c3c(cc2o1)OC(C)(C)[C@@H]1OC(=O)[C@@]2(CCCC[C@@H]31)O[C@@H]2CCc1cc(N)nc(-c2ccnc(N)c2)c1. The minimum Gasteiger partial charge on any atom is -0.507 e. The topological polar surface area (TPSA) is 176 Å². The summed E-state index contributed by atoms with van der Waals surface area (Å²) >= 11 is 0. The smallest absolute Gasteiger partial charge is 0.341 e. The summed E-state index contributed by atoms with van der Waals surface area (Å²) in [5.74, 6) is 0.654. The molecular weight excluding hydrogens is 576 g/mol. The third-order valence-electron chi connectivity index (χ3n) is 9.30. The van der Waals surface area contributed by atoms with Crippen LogP contribution in [0.25, 0.3) is 22.2 Å². The van der Waals surface area contributed by atoms with Crippen molar-refractivity contribution < 1.29 is 28.5 Å². The summed E-state index contributed by atoms with van der Waals surface area (Å²) < 4.78 is 24.6. The van der Waals surface area contributed by atoms with Gasteiger partial charge in [0, 0.05) is 35.4 Å². The molecule has 1 spiro atoms. The summed E-state index contributed by atoms with van der Waals surface area (Å²) in [7, 11) is 0. The van der Waals surface area contributed by atoms with E-state index in [1.54, 1.807) is 25.3 Å². The van der Waals surface area contributed by atoms with Gasteiger partial charge in [-0.15, -0.1) is 0 Å². The number of pyridine rings is 2. The molecule has 3 aliphatic rings. The van der Waals surface area contributed by atoms with Crippen LogP contribution in [0.1, 0.15) is 68.8 Å². The van der Waals surface area contributed by atoms with Crippen molar-refractivity contribution in [3.63, 3.8) is 0 Å². The zero-order chi connectivity index (χ0) is 31.7. The number of benzene rings is 1. The Morgan fingerprint density at radius 2 is 1.89 bits per heavy atom. The second kappa shape index (κ2) is 10.5. The molecule has 45 heavy (non-hydrogen) atoms. The lowest BCUT2D eigenvalue weighted by atomic mass is 9.77. The van der Waals surface area contributed by atoms with E-state index in [1.807, 2.05) is 32.0 Å². The maximum atomic E-state index is 13.9. The van der Waals surface area contributed by atoms with Gasteiger partial charge in [0.1, 0.15) is 51.6 Å². The molecule has 4 aromatic rings. The number of aryl methyl sites for hydroxylation is 2. The average Bonchev–Trinajstić information content (AvgIpc) is 3.67. The number of esters is 1. The van der Waals surface area contributed by atoms with E-state index < -0.39 is 23.3 Å². The normalized spacial score (nSPS) is 25.3. The average molecular weight is 613 g/mol. The van der Waals surface area contributed by atoms with E-state index in [2.05, 4.69) is 9.97 Å². The summed E-state index contributed by atoms with van der Waals surface area (Å²) in [5.41, 5.74) is 12.9. The third kappa shape index (κ3) is 5.04. The Hall–Kier alpha value is -4.64. The summed E-state index contributed by atoms with van der Waals surface area (Å²) in [6.07, 6.45) is 4.47. The number of nitrogen functional groups attached to an aromatic ring is 2. The number of hydrogen-bond donors (Lipinski definition) is 3. The molecule has 0 radical (unpaired) electrons. The molecule has 5 N–H and O–H groups in total. The van der Waals surface area contributed by atoms with E-state index in [9.17, 15) is 14.7 Å².